The number of rotatable bonds is 2. The fraction of sp³-hybridized carbons (Fsp3) is 0.500. The molecule has 3 aliphatic rings. The van der Waals surface area contributed by atoms with Crippen LogP contribution in [-0.2, 0) is 43.9 Å². The van der Waals surface area contributed by atoms with Gasteiger partial charge in [0.15, 0.2) is 47.4 Å². The quantitative estimate of drug-likeness (QED) is 0.142. The first-order valence-electron chi connectivity index (χ1n) is 12.9. The van der Waals surface area contributed by atoms with Crippen LogP contribution in [0, 0.1) is 0 Å². The van der Waals surface area contributed by atoms with Crippen LogP contribution in [0.5, 0.6) is 0 Å². The van der Waals surface area contributed by atoms with Gasteiger partial charge in [-0.2, -0.15) is 4.98 Å². The SMILES string of the molecule is Nc1nc2c(ncn2[C@@H]2OC3COP(O)(=S)O[C@@H]4C(COP(=O)(S)O[C@H]3[C@H]2F)O[C@@H](n2cnc3c(N)ncnc32)[C@@H]4F)c(=O)[nH]1. The third-order valence-corrected chi connectivity index (χ3v) is 10.4. The number of hydrogen-bond donors (Lipinski definition) is 5. The summed E-state index contributed by atoms with van der Waals surface area (Å²) in [6.45, 7) is -10.1. The van der Waals surface area contributed by atoms with E-state index in [-0.39, 0.29) is 34.1 Å². The van der Waals surface area contributed by atoms with Gasteiger partial charge in [-0.15, -0.1) is 0 Å². The zero-order valence-corrected chi connectivity index (χ0v) is 25.8. The molecule has 4 aromatic heterocycles. The standard InChI is InChI=1S/C20H22F2N10O9P2S2/c21-8-12-6(38-18(8)31-4-27-10-14(23)25-3-26-15(10)31)1-36-43(35,45)41-13-7(2-37-42(34,44)40-12)39-19(9(13)22)32-5-28-11-16(32)29-20(24)30-17(11)33/h3-9,12-13,18-19H,1-2H2,(H,34,44)(H,35,45)(H2,23,25,26)(H3,24,29,30,33)/t6?,7?,8-,9-,12-,13-,18-,19-,42?,43?/m1/s1. The topological polar surface area (TPSA) is 252 Å². The first-order chi connectivity index (χ1) is 21.3. The molecule has 0 saturated carbocycles. The highest BCUT2D eigenvalue weighted by Gasteiger charge is 2.54. The van der Waals surface area contributed by atoms with Crippen molar-refractivity contribution >= 4 is 71.7 Å². The van der Waals surface area contributed by atoms with E-state index >= 15 is 8.78 Å². The Morgan fingerprint density at radius 3 is 2.24 bits per heavy atom. The number of H-pyrrole nitrogens is 1. The Labute approximate surface area is 259 Å². The Balaban J connectivity index is 1.17. The molecule has 0 radical (unpaired) electrons. The molecular formula is C20H22F2N10O9P2S2. The lowest BCUT2D eigenvalue weighted by molar-refractivity contribution is -0.0564. The summed E-state index contributed by atoms with van der Waals surface area (Å²) in [6, 6.07) is 0. The van der Waals surface area contributed by atoms with E-state index in [0.717, 1.165) is 17.2 Å². The number of fused-ring (bicyclic) bond motifs is 4. The Hall–Kier alpha value is -2.69. The molecule has 45 heavy (non-hydrogen) atoms. The molecule has 0 aliphatic carbocycles. The molecule has 6 N–H and O–H groups in total. The lowest BCUT2D eigenvalue weighted by Crippen LogP contribution is -2.37. The molecule has 4 aromatic rings. The Morgan fingerprint density at radius 2 is 1.56 bits per heavy atom. The van der Waals surface area contributed by atoms with Crippen LogP contribution in [0.2, 0.25) is 0 Å². The van der Waals surface area contributed by atoms with Gasteiger partial charge in [-0.3, -0.25) is 32.5 Å². The number of thiol groups is 1. The number of nitrogens with zero attached hydrogens (tertiary/aromatic N) is 7. The summed E-state index contributed by atoms with van der Waals surface area (Å²) in [5.41, 5.74) is 10.8. The molecule has 242 valence electrons. The van der Waals surface area contributed by atoms with Crippen molar-refractivity contribution in [3.8, 4) is 0 Å². The average Bonchev–Trinajstić information content (AvgIpc) is 3.72. The molecular weight excluding hydrogens is 688 g/mol. The number of ether oxygens (including phenoxy) is 2. The Kier molecular flexibility index (Phi) is 7.72. The van der Waals surface area contributed by atoms with Crippen LogP contribution in [0.4, 0.5) is 20.5 Å². The molecule has 7 rings (SSSR count). The molecule has 25 heteroatoms. The van der Waals surface area contributed by atoms with Gasteiger partial charge in [0, 0.05) is 0 Å². The third kappa shape index (κ3) is 5.54. The number of halogens is 2. The summed E-state index contributed by atoms with van der Waals surface area (Å²) < 4.78 is 81.1. The number of hydrogen-bond acceptors (Lipinski definition) is 16. The lowest BCUT2D eigenvalue weighted by atomic mass is 10.1. The summed E-state index contributed by atoms with van der Waals surface area (Å²) >= 11 is 9.11. The fourth-order valence-corrected chi connectivity index (χ4v) is 8.16. The summed E-state index contributed by atoms with van der Waals surface area (Å²) in [4.78, 5) is 45.3. The van der Waals surface area contributed by atoms with Crippen molar-refractivity contribution in [2.45, 2.75) is 49.2 Å². The molecule has 0 aromatic carbocycles. The van der Waals surface area contributed by atoms with Crippen LogP contribution in [0.1, 0.15) is 12.5 Å². The Morgan fingerprint density at radius 1 is 0.956 bits per heavy atom. The Bertz CT molecular complexity index is 1950. The summed E-state index contributed by atoms with van der Waals surface area (Å²) in [7, 11) is 0. The van der Waals surface area contributed by atoms with Gasteiger partial charge in [-0.05, 0) is 11.8 Å². The number of aromatic amines is 1. The number of nitrogens with two attached hydrogens (primary N) is 2. The van der Waals surface area contributed by atoms with E-state index in [0.29, 0.717) is 0 Å². The second-order valence-corrected chi connectivity index (χ2v) is 15.7. The molecule has 3 saturated heterocycles. The van der Waals surface area contributed by atoms with Crippen molar-refractivity contribution in [1.29, 1.82) is 0 Å². The predicted octanol–water partition coefficient (Wildman–Crippen LogP) is 0.667. The highest BCUT2D eigenvalue weighted by atomic mass is 32.7. The number of alkyl halides is 2. The monoisotopic (exact) mass is 710 g/mol. The number of nitrogen functional groups attached to an aromatic ring is 2. The predicted molar refractivity (Wildman–Crippen MR) is 155 cm³/mol. The number of imidazole rings is 2. The van der Waals surface area contributed by atoms with Crippen LogP contribution in [0.3, 0.4) is 0 Å². The maximum Gasteiger partial charge on any atom is 0.386 e. The number of anilines is 2. The van der Waals surface area contributed by atoms with Crippen LogP contribution < -0.4 is 17.0 Å². The van der Waals surface area contributed by atoms with E-state index in [2.05, 4.69) is 42.2 Å². The second kappa shape index (κ2) is 11.2. The van der Waals surface area contributed by atoms with Crippen LogP contribution in [-0.4, -0.2) is 93.9 Å². The normalized spacial score (nSPS) is 37.7. The van der Waals surface area contributed by atoms with Gasteiger partial charge in [-0.1, -0.05) is 12.2 Å². The maximum absolute atomic E-state index is 16.0. The molecule has 0 bridgehead atoms. The van der Waals surface area contributed by atoms with Crippen LogP contribution in [0.25, 0.3) is 22.3 Å². The molecule has 4 unspecified atom stereocenters. The van der Waals surface area contributed by atoms with Crippen molar-refractivity contribution in [3.63, 3.8) is 0 Å². The molecule has 0 spiro atoms. The van der Waals surface area contributed by atoms with E-state index < -0.39 is 81.5 Å². The fourth-order valence-electron chi connectivity index (χ4n) is 5.25. The van der Waals surface area contributed by atoms with Crippen molar-refractivity contribution in [2.24, 2.45) is 0 Å². The van der Waals surface area contributed by atoms with Gasteiger partial charge in [0.1, 0.15) is 36.3 Å². The zero-order valence-electron chi connectivity index (χ0n) is 22.3. The zero-order chi connectivity index (χ0) is 31.8. The van der Waals surface area contributed by atoms with E-state index in [4.69, 9.17) is 50.8 Å². The number of aromatic nitrogens is 8. The summed E-state index contributed by atoms with van der Waals surface area (Å²) in [5, 5.41) is 0. The van der Waals surface area contributed by atoms with E-state index in [1.807, 2.05) is 0 Å². The molecule has 0 amide bonds. The van der Waals surface area contributed by atoms with Gasteiger partial charge in [0.05, 0.1) is 25.9 Å². The third-order valence-electron chi connectivity index (χ3n) is 7.23. The van der Waals surface area contributed by atoms with Gasteiger partial charge < -0.3 is 30.4 Å². The lowest BCUT2D eigenvalue weighted by Gasteiger charge is -2.29. The average molecular weight is 711 g/mol. The minimum absolute atomic E-state index is 0.0436. The van der Waals surface area contributed by atoms with E-state index in [9.17, 15) is 14.3 Å². The first-order valence-corrected chi connectivity index (χ1v) is 18.2. The first kappa shape index (κ1) is 30.9. The smallest absolute Gasteiger partial charge is 0.382 e. The van der Waals surface area contributed by atoms with Crippen molar-refractivity contribution in [3.05, 3.63) is 29.3 Å². The molecule has 10 atom stereocenters. The van der Waals surface area contributed by atoms with Crippen LogP contribution >= 0.6 is 25.8 Å². The maximum atomic E-state index is 16.0. The van der Waals surface area contributed by atoms with Gasteiger partial charge in [-0.25, -0.2) is 33.3 Å². The number of nitrogens with one attached hydrogen (secondary N) is 1. The summed E-state index contributed by atoms with van der Waals surface area (Å²) in [6.07, 6.45) is -9.74. The van der Waals surface area contributed by atoms with Crippen LogP contribution in [0.15, 0.2) is 23.8 Å². The van der Waals surface area contributed by atoms with Gasteiger partial charge in [0.2, 0.25) is 5.95 Å². The minimum atomic E-state index is -4.43. The molecule has 7 heterocycles. The molecule has 19 nitrogen and oxygen atoms in total. The molecule has 3 aliphatic heterocycles. The van der Waals surface area contributed by atoms with E-state index in [1.165, 1.54) is 10.9 Å². The largest absolute Gasteiger partial charge is 0.386 e. The van der Waals surface area contributed by atoms with Crippen molar-refractivity contribution < 1.29 is 45.8 Å². The van der Waals surface area contributed by atoms with Gasteiger partial charge in [0.25, 0.3) is 5.56 Å². The van der Waals surface area contributed by atoms with E-state index in [1.54, 1.807) is 0 Å². The minimum Gasteiger partial charge on any atom is -0.382 e. The summed E-state index contributed by atoms with van der Waals surface area (Å²) in [5.74, 6) is -0.220. The highest BCUT2D eigenvalue weighted by molar-refractivity contribution is 8.44. The van der Waals surface area contributed by atoms with Crippen molar-refractivity contribution in [2.75, 3.05) is 24.7 Å². The van der Waals surface area contributed by atoms with Gasteiger partial charge >= 0.3 is 13.5 Å². The van der Waals surface area contributed by atoms with Crippen molar-refractivity contribution in [1.82, 2.24) is 39.0 Å². The highest BCUT2D eigenvalue weighted by Crippen LogP contribution is 2.58. The second-order valence-electron chi connectivity index (χ2n) is 10.0. The molecule has 3 fully saturated rings.